The van der Waals surface area contributed by atoms with E-state index in [9.17, 15) is 9.59 Å². The van der Waals surface area contributed by atoms with E-state index >= 15 is 0 Å². The van der Waals surface area contributed by atoms with Gasteiger partial charge in [0.25, 0.3) is 0 Å². The fourth-order valence-corrected chi connectivity index (χ4v) is 2.80. The maximum atomic E-state index is 12.0. The molecule has 2 N–H and O–H groups in total. The summed E-state index contributed by atoms with van der Waals surface area (Å²) in [5.41, 5.74) is 1.55. The van der Waals surface area contributed by atoms with E-state index < -0.39 is 0 Å². The predicted octanol–water partition coefficient (Wildman–Crippen LogP) is 1.83. The Morgan fingerprint density at radius 2 is 1.48 bits per heavy atom. The van der Waals surface area contributed by atoms with Crippen LogP contribution < -0.4 is 29.6 Å². The number of nitrogens with one attached hydrogen (secondary N) is 2. The molecule has 0 fully saturated rings. The number of anilines is 1. The van der Waals surface area contributed by atoms with Crippen molar-refractivity contribution in [1.29, 1.82) is 0 Å². The molecule has 140 valence electrons. The van der Waals surface area contributed by atoms with Gasteiger partial charge >= 0.3 is 0 Å². The van der Waals surface area contributed by atoms with Crippen LogP contribution in [0.4, 0.5) is 5.69 Å². The first kappa shape index (κ1) is 17.0. The molecule has 8 heteroatoms. The highest BCUT2D eigenvalue weighted by molar-refractivity contribution is 5.94. The lowest BCUT2D eigenvalue weighted by molar-refractivity contribution is -0.124. The topological polar surface area (TPSA) is 95.1 Å². The molecule has 0 saturated carbocycles. The van der Waals surface area contributed by atoms with Gasteiger partial charge in [-0.05, 0) is 36.2 Å². The maximum absolute atomic E-state index is 12.0. The van der Waals surface area contributed by atoms with E-state index in [1.54, 1.807) is 18.2 Å². The molecule has 2 aliphatic heterocycles. The standard InChI is InChI=1S/C19H18N2O6/c22-18(6-2-12-1-4-14-16(7-12)26-10-24-14)20-9-19(23)21-13-3-5-15-17(8-13)27-11-25-15/h1,3-5,7-8H,2,6,9-11H2,(H,20,22)(H,21,23). The number of fused-ring (bicyclic) bond motifs is 2. The average Bonchev–Trinajstić information content (AvgIpc) is 3.32. The number of amides is 2. The van der Waals surface area contributed by atoms with Crippen molar-refractivity contribution < 1.29 is 28.5 Å². The molecule has 0 unspecified atom stereocenters. The summed E-state index contributed by atoms with van der Waals surface area (Å²) >= 11 is 0. The van der Waals surface area contributed by atoms with Crippen molar-refractivity contribution in [2.24, 2.45) is 0 Å². The van der Waals surface area contributed by atoms with Crippen LogP contribution in [0.15, 0.2) is 36.4 Å². The zero-order valence-corrected chi connectivity index (χ0v) is 14.4. The Kier molecular flexibility index (Phi) is 4.69. The fourth-order valence-electron chi connectivity index (χ4n) is 2.80. The van der Waals surface area contributed by atoms with Crippen LogP contribution in [-0.4, -0.2) is 31.9 Å². The Morgan fingerprint density at radius 1 is 0.815 bits per heavy atom. The highest BCUT2D eigenvalue weighted by Gasteiger charge is 2.15. The second-order valence-corrected chi connectivity index (χ2v) is 6.08. The summed E-state index contributed by atoms with van der Waals surface area (Å²) in [7, 11) is 0. The van der Waals surface area contributed by atoms with Gasteiger partial charge in [-0.1, -0.05) is 6.07 Å². The van der Waals surface area contributed by atoms with Crippen LogP contribution in [0.5, 0.6) is 23.0 Å². The number of ether oxygens (including phenoxy) is 4. The van der Waals surface area contributed by atoms with Crippen LogP contribution in [0.1, 0.15) is 12.0 Å². The SMILES string of the molecule is O=C(CCc1ccc2c(c1)OCO2)NCC(=O)Nc1ccc2c(c1)OCO2. The first-order valence-electron chi connectivity index (χ1n) is 8.52. The van der Waals surface area contributed by atoms with E-state index in [-0.39, 0.29) is 38.4 Å². The normalized spacial score (nSPS) is 13.3. The third-order valence-electron chi connectivity index (χ3n) is 4.18. The third kappa shape index (κ3) is 4.05. The minimum atomic E-state index is -0.315. The average molecular weight is 370 g/mol. The van der Waals surface area contributed by atoms with E-state index in [0.29, 0.717) is 35.1 Å². The van der Waals surface area contributed by atoms with Gasteiger partial charge in [0.1, 0.15) is 0 Å². The van der Waals surface area contributed by atoms with Gasteiger partial charge in [0.05, 0.1) is 6.54 Å². The lowest BCUT2D eigenvalue weighted by Crippen LogP contribution is -2.32. The first-order valence-corrected chi connectivity index (χ1v) is 8.52. The predicted molar refractivity (Wildman–Crippen MR) is 95.1 cm³/mol. The van der Waals surface area contributed by atoms with E-state index in [4.69, 9.17) is 18.9 Å². The van der Waals surface area contributed by atoms with Crippen molar-refractivity contribution in [1.82, 2.24) is 5.32 Å². The van der Waals surface area contributed by atoms with E-state index in [0.717, 1.165) is 5.56 Å². The molecule has 0 saturated heterocycles. The molecule has 0 spiro atoms. The molecule has 8 nitrogen and oxygen atoms in total. The summed E-state index contributed by atoms with van der Waals surface area (Å²) in [6.45, 7) is 0.290. The second-order valence-electron chi connectivity index (χ2n) is 6.08. The molecule has 0 atom stereocenters. The summed E-state index contributed by atoms with van der Waals surface area (Å²) in [6, 6.07) is 10.7. The number of rotatable bonds is 6. The number of hydrogen-bond acceptors (Lipinski definition) is 6. The Labute approximate surface area is 155 Å². The van der Waals surface area contributed by atoms with Crippen LogP contribution in [0.2, 0.25) is 0 Å². The largest absolute Gasteiger partial charge is 0.454 e. The lowest BCUT2D eigenvalue weighted by Gasteiger charge is -2.08. The summed E-state index contributed by atoms with van der Waals surface area (Å²) in [5, 5.41) is 5.32. The van der Waals surface area contributed by atoms with Gasteiger partial charge in [-0.3, -0.25) is 9.59 Å². The highest BCUT2D eigenvalue weighted by atomic mass is 16.7. The molecule has 0 radical (unpaired) electrons. The molecule has 0 bridgehead atoms. The van der Waals surface area contributed by atoms with E-state index in [1.807, 2.05) is 18.2 Å². The summed E-state index contributed by atoms with van der Waals surface area (Å²) in [6.07, 6.45) is 0.823. The number of aryl methyl sites for hydroxylation is 1. The summed E-state index contributed by atoms with van der Waals surface area (Å²) in [5.74, 6) is 2.11. The molecule has 0 aromatic heterocycles. The van der Waals surface area contributed by atoms with Gasteiger partial charge in [0.15, 0.2) is 23.0 Å². The molecule has 4 rings (SSSR count). The van der Waals surface area contributed by atoms with Crippen LogP contribution in [0, 0.1) is 0 Å². The van der Waals surface area contributed by atoms with Crippen LogP contribution in [0.3, 0.4) is 0 Å². The number of benzene rings is 2. The molecule has 2 heterocycles. The number of hydrogen-bond donors (Lipinski definition) is 2. The number of carbonyl (C=O) groups excluding carboxylic acids is 2. The van der Waals surface area contributed by atoms with Crippen molar-refractivity contribution in [3.63, 3.8) is 0 Å². The highest BCUT2D eigenvalue weighted by Crippen LogP contribution is 2.34. The van der Waals surface area contributed by atoms with Gasteiger partial charge in [-0.15, -0.1) is 0 Å². The molecular weight excluding hydrogens is 352 g/mol. The van der Waals surface area contributed by atoms with Crippen LogP contribution in [-0.2, 0) is 16.0 Å². The minimum Gasteiger partial charge on any atom is -0.454 e. The number of carbonyl (C=O) groups is 2. The third-order valence-corrected chi connectivity index (χ3v) is 4.18. The quantitative estimate of drug-likeness (QED) is 0.806. The van der Waals surface area contributed by atoms with Crippen molar-refractivity contribution in [3.8, 4) is 23.0 Å². The molecule has 2 aliphatic rings. The van der Waals surface area contributed by atoms with Gasteiger partial charge in [-0.25, -0.2) is 0 Å². The van der Waals surface area contributed by atoms with Crippen molar-refractivity contribution in [2.75, 3.05) is 25.4 Å². The van der Waals surface area contributed by atoms with Crippen molar-refractivity contribution in [3.05, 3.63) is 42.0 Å². The molecule has 0 aliphatic carbocycles. The molecular formula is C19H18N2O6. The maximum Gasteiger partial charge on any atom is 0.243 e. The minimum absolute atomic E-state index is 0.103. The van der Waals surface area contributed by atoms with Gasteiger partial charge in [0.2, 0.25) is 25.4 Å². The molecule has 2 amide bonds. The zero-order chi connectivity index (χ0) is 18.6. The van der Waals surface area contributed by atoms with Crippen LogP contribution >= 0.6 is 0 Å². The Morgan fingerprint density at radius 3 is 2.26 bits per heavy atom. The first-order chi connectivity index (χ1) is 13.2. The Hall–Kier alpha value is -3.42. The lowest BCUT2D eigenvalue weighted by atomic mass is 10.1. The monoisotopic (exact) mass is 370 g/mol. The smallest absolute Gasteiger partial charge is 0.243 e. The van der Waals surface area contributed by atoms with E-state index in [2.05, 4.69) is 10.6 Å². The molecule has 2 aromatic rings. The fraction of sp³-hybridized carbons (Fsp3) is 0.263. The second kappa shape index (κ2) is 7.45. The molecule has 27 heavy (non-hydrogen) atoms. The molecule has 2 aromatic carbocycles. The summed E-state index contributed by atoms with van der Waals surface area (Å²) < 4.78 is 21.1. The van der Waals surface area contributed by atoms with Gasteiger partial charge in [0, 0.05) is 18.2 Å². The van der Waals surface area contributed by atoms with Crippen molar-refractivity contribution >= 4 is 17.5 Å². The van der Waals surface area contributed by atoms with Crippen LogP contribution in [0.25, 0.3) is 0 Å². The van der Waals surface area contributed by atoms with Gasteiger partial charge < -0.3 is 29.6 Å². The van der Waals surface area contributed by atoms with Gasteiger partial charge in [-0.2, -0.15) is 0 Å². The summed E-state index contributed by atoms with van der Waals surface area (Å²) in [4.78, 5) is 24.0. The Balaban J connectivity index is 1.21. The van der Waals surface area contributed by atoms with E-state index in [1.165, 1.54) is 0 Å². The van der Waals surface area contributed by atoms with Crippen molar-refractivity contribution in [2.45, 2.75) is 12.8 Å². The Bertz CT molecular complexity index is 882. The zero-order valence-electron chi connectivity index (χ0n) is 14.4.